The Labute approximate surface area is 169 Å². The normalized spacial score (nSPS) is 12.6. The molecule has 0 saturated carbocycles. The molecule has 3 heterocycles. The quantitative estimate of drug-likeness (QED) is 0.552. The highest BCUT2D eigenvalue weighted by Gasteiger charge is 2.17. The molecule has 0 aliphatic carbocycles. The molecular formula is C23H16F2N2O3. The number of H-pyrrole nitrogens is 1. The van der Waals surface area contributed by atoms with Gasteiger partial charge in [0, 0.05) is 41.4 Å². The van der Waals surface area contributed by atoms with Crippen LogP contribution in [0.25, 0.3) is 10.9 Å². The smallest absolute Gasteiger partial charge is 0.188 e. The Kier molecular flexibility index (Phi) is 4.43. The molecule has 0 radical (unpaired) electrons. The van der Waals surface area contributed by atoms with E-state index in [0.29, 0.717) is 40.1 Å². The molecule has 1 aliphatic rings. The van der Waals surface area contributed by atoms with Crippen LogP contribution in [-0.4, -0.2) is 9.97 Å². The molecule has 2 aromatic heterocycles. The summed E-state index contributed by atoms with van der Waals surface area (Å²) in [6, 6.07) is 12.5. The van der Waals surface area contributed by atoms with Crippen LogP contribution in [0.2, 0.25) is 0 Å². The van der Waals surface area contributed by atoms with E-state index in [1.165, 1.54) is 6.07 Å². The summed E-state index contributed by atoms with van der Waals surface area (Å²) in [5, 5.41) is 0.521. The SMILES string of the molecule is O=c1cc[nH]c2c1COc1ccc(OCc3ccc4cc(F)c(F)cc4n3)cc1C2. The van der Waals surface area contributed by atoms with Crippen LogP contribution in [0.15, 0.2) is 59.5 Å². The van der Waals surface area contributed by atoms with E-state index in [0.717, 1.165) is 23.4 Å². The largest absolute Gasteiger partial charge is 0.488 e. The fourth-order valence-corrected chi connectivity index (χ4v) is 3.53. The Hall–Kier alpha value is -3.74. The summed E-state index contributed by atoms with van der Waals surface area (Å²) >= 11 is 0. The zero-order valence-electron chi connectivity index (χ0n) is 15.7. The second-order valence-corrected chi connectivity index (χ2v) is 7.08. The number of hydrogen-bond acceptors (Lipinski definition) is 4. The molecule has 150 valence electrons. The van der Waals surface area contributed by atoms with Gasteiger partial charge in [0.25, 0.3) is 0 Å². The summed E-state index contributed by atoms with van der Waals surface area (Å²) in [7, 11) is 0. The third-order valence-corrected chi connectivity index (χ3v) is 5.10. The van der Waals surface area contributed by atoms with Crippen LogP contribution >= 0.6 is 0 Å². The van der Waals surface area contributed by atoms with E-state index in [4.69, 9.17) is 9.47 Å². The summed E-state index contributed by atoms with van der Waals surface area (Å²) in [6.45, 7) is 0.388. The van der Waals surface area contributed by atoms with Crippen LogP contribution in [0.4, 0.5) is 8.78 Å². The summed E-state index contributed by atoms with van der Waals surface area (Å²) in [5.41, 5.74) is 3.26. The van der Waals surface area contributed by atoms with Gasteiger partial charge >= 0.3 is 0 Å². The molecule has 5 nitrogen and oxygen atoms in total. The van der Waals surface area contributed by atoms with Crippen molar-refractivity contribution in [1.82, 2.24) is 9.97 Å². The lowest BCUT2D eigenvalue weighted by atomic mass is 10.1. The molecule has 0 saturated heterocycles. The Morgan fingerprint density at radius 1 is 1.07 bits per heavy atom. The first-order valence-electron chi connectivity index (χ1n) is 9.39. The topological polar surface area (TPSA) is 64.2 Å². The number of aromatic nitrogens is 2. The lowest BCUT2D eigenvalue weighted by molar-refractivity contribution is 0.294. The van der Waals surface area contributed by atoms with Crippen molar-refractivity contribution in [2.45, 2.75) is 19.6 Å². The average molecular weight is 406 g/mol. The number of nitrogens with one attached hydrogen (secondary N) is 1. The minimum Gasteiger partial charge on any atom is -0.488 e. The van der Waals surface area contributed by atoms with Crippen molar-refractivity contribution in [1.29, 1.82) is 0 Å². The van der Waals surface area contributed by atoms with Gasteiger partial charge in [-0.25, -0.2) is 13.8 Å². The summed E-state index contributed by atoms with van der Waals surface area (Å²) in [6.07, 6.45) is 2.16. The van der Waals surface area contributed by atoms with Gasteiger partial charge in [-0.1, -0.05) is 6.07 Å². The van der Waals surface area contributed by atoms with Gasteiger partial charge in [-0.3, -0.25) is 4.79 Å². The molecule has 1 aliphatic heterocycles. The van der Waals surface area contributed by atoms with Crippen LogP contribution in [0.5, 0.6) is 11.5 Å². The minimum absolute atomic E-state index is 0.0493. The molecule has 7 heteroatoms. The van der Waals surface area contributed by atoms with Crippen LogP contribution in [0.3, 0.4) is 0 Å². The lowest BCUT2D eigenvalue weighted by Crippen LogP contribution is -2.13. The highest BCUT2D eigenvalue weighted by molar-refractivity contribution is 5.78. The Morgan fingerprint density at radius 2 is 1.93 bits per heavy atom. The van der Waals surface area contributed by atoms with E-state index in [-0.39, 0.29) is 18.6 Å². The number of rotatable bonds is 3. The van der Waals surface area contributed by atoms with Gasteiger partial charge in [0.05, 0.1) is 16.8 Å². The Balaban J connectivity index is 1.37. The predicted molar refractivity (Wildman–Crippen MR) is 107 cm³/mol. The molecule has 0 spiro atoms. The maximum atomic E-state index is 13.5. The first-order valence-corrected chi connectivity index (χ1v) is 9.39. The van der Waals surface area contributed by atoms with Crippen molar-refractivity contribution in [3.05, 3.63) is 99.1 Å². The first kappa shape index (κ1) is 18.3. The van der Waals surface area contributed by atoms with Crippen molar-refractivity contribution < 1.29 is 18.3 Å². The molecule has 0 atom stereocenters. The number of nitrogens with zero attached hydrogens (tertiary/aromatic N) is 1. The molecule has 4 aromatic rings. The van der Waals surface area contributed by atoms with Crippen molar-refractivity contribution in [3.63, 3.8) is 0 Å². The summed E-state index contributed by atoms with van der Waals surface area (Å²) in [4.78, 5) is 19.5. The van der Waals surface area contributed by atoms with Gasteiger partial charge in [0.2, 0.25) is 0 Å². The van der Waals surface area contributed by atoms with Gasteiger partial charge in [-0.15, -0.1) is 0 Å². The molecule has 2 aromatic carbocycles. The van der Waals surface area contributed by atoms with Crippen LogP contribution in [0, 0.1) is 11.6 Å². The summed E-state index contributed by atoms with van der Waals surface area (Å²) in [5.74, 6) is -0.514. The number of ether oxygens (including phenoxy) is 2. The predicted octanol–water partition coefficient (Wildman–Crippen LogP) is 4.26. The van der Waals surface area contributed by atoms with E-state index in [1.54, 1.807) is 24.4 Å². The molecule has 30 heavy (non-hydrogen) atoms. The molecular weight excluding hydrogens is 390 g/mol. The fourth-order valence-electron chi connectivity index (χ4n) is 3.53. The molecule has 5 rings (SSSR count). The number of benzene rings is 2. The highest BCUT2D eigenvalue weighted by Crippen LogP contribution is 2.30. The maximum absolute atomic E-state index is 13.5. The third kappa shape index (κ3) is 3.39. The van der Waals surface area contributed by atoms with Crippen LogP contribution in [-0.2, 0) is 19.6 Å². The minimum atomic E-state index is -0.933. The number of aromatic amines is 1. The number of halogens is 2. The standard InChI is InChI=1S/C23H16F2N2O3/c24-18-8-13-1-2-15(27-20(13)10-19(18)25)11-29-16-3-4-23-14(7-16)9-21-17(12-30-23)22(28)5-6-26-21/h1-8,10H,9,11-12H2,(H,26,28). The highest BCUT2D eigenvalue weighted by atomic mass is 19.2. The Morgan fingerprint density at radius 3 is 2.83 bits per heavy atom. The average Bonchev–Trinajstić information content (AvgIpc) is 2.92. The van der Waals surface area contributed by atoms with E-state index in [9.17, 15) is 13.6 Å². The van der Waals surface area contributed by atoms with E-state index >= 15 is 0 Å². The first-order chi connectivity index (χ1) is 14.6. The molecule has 0 amide bonds. The van der Waals surface area contributed by atoms with Crippen molar-refractivity contribution in [3.8, 4) is 11.5 Å². The zero-order chi connectivity index (χ0) is 20.7. The number of hydrogen-bond donors (Lipinski definition) is 1. The molecule has 1 N–H and O–H groups in total. The van der Waals surface area contributed by atoms with Crippen molar-refractivity contribution >= 4 is 10.9 Å². The van der Waals surface area contributed by atoms with Gasteiger partial charge in [-0.2, -0.15) is 0 Å². The Bertz CT molecular complexity index is 1330. The molecule has 0 unspecified atom stereocenters. The number of fused-ring (bicyclic) bond motifs is 3. The van der Waals surface area contributed by atoms with Gasteiger partial charge in [-0.05, 0) is 30.3 Å². The van der Waals surface area contributed by atoms with Gasteiger partial charge < -0.3 is 14.5 Å². The second-order valence-electron chi connectivity index (χ2n) is 7.08. The van der Waals surface area contributed by atoms with E-state index in [2.05, 4.69) is 9.97 Å². The third-order valence-electron chi connectivity index (χ3n) is 5.10. The van der Waals surface area contributed by atoms with Crippen molar-refractivity contribution in [2.75, 3.05) is 0 Å². The molecule has 0 bridgehead atoms. The fraction of sp³-hybridized carbons (Fsp3) is 0.130. The number of pyridine rings is 2. The van der Waals surface area contributed by atoms with E-state index in [1.807, 2.05) is 12.1 Å². The maximum Gasteiger partial charge on any atom is 0.188 e. The van der Waals surface area contributed by atoms with E-state index < -0.39 is 11.6 Å². The van der Waals surface area contributed by atoms with Gasteiger partial charge in [0.1, 0.15) is 24.7 Å². The van der Waals surface area contributed by atoms with Crippen LogP contribution < -0.4 is 14.9 Å². The monoisotopic (exact) mass is 406 g/mol. The summed E-state index contributed by atoms with van der Waals surface area (Å²) < 4.78 is 38.5. The lowest BCUT2D eigenvalue weighted by Gasteiger charge is -2.11. The zero-order valence-corrected chi connectivity index (χ0v) is 15.7. The van der Waals surface area contributed by atoms with Crippen LogP contribution in [0.1, 0.15) is 22.5 Å². The van der Waals surface area contributed by atoms with Crippen molar-refractivity contribution in [2.24, 2.45) is 0 Å². The van der Waals surface area contributed by atoms with Gasteiger partial charge in [0.15, 0.2) is 17.1 Å². The molecule has 0 fully saturated rings. The second kappa shape index (κ2) is 7.26.